The van der Waals surface area contributed by atoms with E-state index in [4.69, 9.17) is 5.73 Å². The lowest BCUT2D eigenvalue weighted by Crippen LogP contribution is -2.23. The third-order valence-electron chi connectivity index (χ3n) is 2.45. The van der Waals surface area contributed by atoms with Crippen molar-refractivity contribution in [2.45, 2.75) is 31.8 Å². The number of rotatable bonds is 6. The predicted octanol–water partition coefficient (Wildman–Crippen LogP) is 1.67. The summed E-state index contributed by atoms with van der Waals surface area (Å²) in [6.45, 7) is 5.17. The second-order valence-electron chi connectivity index (χ2n) is 4.54. The molecule has 0 spiro atoms. The van der Waals surface area contributed by atoms with Crippen LogP contribution in [0.5, 0.6) is 0 Å². The summed E-state index contributed by atoms with van der Waals surface area (Å²) in [7, 11) is 1.96. The Hall–Kier alpha value is -0.550. The van der Waals surface area contributed by atoms with E-state index in [1.54, 1.807) is 18.1 Å². The van der Waals surface area contributed by atoms with Gasteiger partial charge >= 0.3 is 0 Å². The fourth-order valence-corrected chi connectivity index (χ4v) is 2.05. The summed E-state index contributed by atoms with van der Waals surface area (Å²) in [5.74, 6) is 1.08. The van der Waals surface area contributed by atoms with Crippen LogP contribution in [0.2, 0.25) is 0 Å². The zero-order valence-electron chi connectivity index (χ0n) is 9.73. The normalized spacial score (nSPS) is 12.0. The predicted molar refractivity (Wildman–Crippen MR) is 63.8 cm³/mol. The average molecular weight is 228 g/mol. The van der Waals surface area contributed by atoms with Crippen LogP contribution < -0.4 is 5.73 Å². The first kappa shape index (κ1) is 12.5. The lowest BCUT2D eigenvalue weighted by atomic mass is 9.88. The molecule has 0 radical (unpaired) electrons. The number of hydrogen-bond donors (Lipinski definition) is 1. The molecule has 1 rings (SSSR count). The minimum atomic E-state index is 0.264. The highest BCUT2D eigenvalue weighted by Crippen LogP contribution is 2.23. The van der Waals surface area contributed by atoms with Crippen LogP contribution in [0.25, 0.3) is 0 Å². The molecule has 0 aliphatic carbocycles. The molecular formula is C10H20N4S. The first-order valence-electron chi connectivity index (χ1n) is 5.22. The van der Waals surface area contributed by atoms with Crippen LogP contribution in [0, 0.1) is 5.41 Å². The molecule has 0 bridgehead atoms. The van der Waals surface area contributed by atoms with E-state index in [1.165, 1.54) is 6.42 Å². The van der Waals surface area contributed by atoms with Gasteiger partial charge in [-0.2, -0.15) is 0 Å². The molecule has 0 aliphatic rings. The Balaban J connectivity index is 2.20. The van der Waals surface area contributed by atoms with Crippen LogP contribution in [-0.2, 0) is 7.05 Å². The topological polar surface area (TPSA) is 56.7 Å². The molecule has 1 aromatic rings. The third-order valence-corrected chi connectivity index (χ3v) is 3.57. The maximum atomic E-state index is 5.67. The molecule has 0 amide bonds. The van der Waals surface area contributed by atoms with Gasteiger partial charge in [-0.1, -0.05) is 25.6 Å². The first-order valence-corrected chi connectivity index (χ1v) is 6.20. The summed E-state index contributed by atoms with van der Waals surface area (Å²) in [6, 6.07) is 0. The maximum absolute atomic E-state index is 5.67. The molecular weight excluding hydrogens is 208 g/mol. The summed E-state index contributed by atoms with van der Waals surface area (Å²) in [5, 5.41) is 8.85. The Bertz CT molecular complexity index is 295. The largest absolute Gasteiger partial charge is 0.330 e. The summed E-state index contributed by atoms with van der Waals surface area (Å²) in [5.41, 5.74) is 5.94. The molecule has 0 saturated heterocycles. The van der Waals surface area contributed by atoms with E-state index >= 15 is 0 Å². The Labute approximate surface area is 95.6 Å². The molecule has 5 heteroatoms. The van der Waals surface area contributed by atoms with Crippen LogP contribution in [0.3, 0.4) is 0 Å². The zero-order chi connectivity index (χ0) is 11.3. The van der Waals surface area contributed by atoms with E-state index in [2.05, 4.69) is 24.0 Å². The molecule has 0 aliphatic heterocycles. The molecule has 15 heavy (non-hydrogen) atoms. The van der Waals surface area contributed by atoms with Gasteiger partial charge in [-0.3, -0.25) is 0 Å². The monoisotopic (exact) mass is 228 g/mol. The maximum Gasteiger partial charge on any atom is 0.190 e. The van der Waals surface area contributed by atoms with Gasteiger partial charge in [0.2, 0.25) is 0 Å². The lowest BCUT2D eigenvalue weighted by molar-refractivity contribution is 0.345. The average Bonchev–Trinajstić information content (AvgIpc) is 2.59. The minimum absolute atomic E-state index is 0.264. The quantitative estimate of drug-likeness (QED) is 0.594. The van der Waals surface area contributed by atoms with E-state index < -0.39 is 0 Å². The Morgan fingerprint density at radius 2 is 2.27 bits per heavy atom. The molecule has 0 unspecified atom stereocenters. The van der Waals surface area contributed by atoms with Gasteiger partial charge in [-0.05, 0) is 24.8 Å². The second kappa shape index (κ2) is 5.51. The summed E-state index contributed by atoms with van der Waals surface area (Å²) in [6.07, 6.45) is 4.06. The molecule has 0 atom stereocenters. The number of thioether (sulfide) groups is 1. The fourth-order valence-electron chi connectivity index (χ4n) is 1.22. The summed E-state index contributed by atoms with van der Waals surface area (Å²) in [4.78, 5) is 0. The van der Waals surface area contributed by atoms with E-state index in [0.717, 1.165) is 23.9 Å². The third kappa shape index (κ3) is 4.22. The van der Waals surface area contributed by atoms with E-state index in [1.807, 2.05) is 11.6 Å². The van der Waals surface area contributed by atoms with Gasteiger partial charge in [0.15, 0.2) is 5.16 Å². The van der Waals surface area contributed by atoms with Crippen molar-refractivity contribution >= 4 is 11.8 Å². The highest BCUT2D eigenvalue weighted by Gasteiger charge is 2.14. The number of nitrogens with zero attached hydrogens (tertiary/aromatic N) is 3. The molecule has 86 valence electrons. The van der Waals surface area contributed by atoms with Crippen LogP contribution in [0.1, 0.15) is 26.7 Å². The van der Waals surface area contributed by atoms with Crippen molar-refractivity contribution in [3.05, 3.63) is 6.33 Å². The van der Waals surface area contributed by atoms with Crippen LogP contribution in [0.15, 0.2) is 11.5 Å². The lowest BCUT2D eigenvalue weighted by Gasteiger charge is -2.21. The second-order valence-corrected chi connectivity index (χ2v) is 5.61. The van der Waals surface area contributed by atoms with Gasteiger partial charge in [-0.25, -0.2) is 0 Å². The summed E-state index contributed by atoms with van der Waals surface area (Å²) < 4.78 is 1.94. The Morgan fingerprint density at radius 1 is 1.53 bits per heavy atom. The summed E-state index contributed by atoms with van der Waals surface area (Å²) >= 11 is 1.75. The SMILES string of the molecule is Cn1cnnc1SCCCC(C)(C)CN. The highest BCUT2D eigenvalue weighted by molar-refractivity contribution is 7.99. The van der Waals surface area contributed by atoms with Gasteiger partial charge in [0.05, 0.1) is 0 Å². The molecule has 0 fully saturated rings. The molecule has 1 heterocycles. The number of nitrogens with two attached hydrogens (primary N) is 1. The van der Waals surface area contributed by atoms with Crippen molar-refractivity contribution in [1.82, 2.24) is 14.8 Å². The van der Waals surface area contributed by atoms with Gasteiger partial charge < -0.3 is 10.3 Å². The van der Waals surface area contributed by atoms with Crippen LogP contribution >= 0.6 is 11.8 Å². The first-order chi connectivity index (χ1) is 7.05. The van der Waals surface area contributed by atoms with Crippen molar-refractivity contribution in [3.8, 4) is 0 Å². The number of aromatic nitrogens is 3. The van der Waals surface area contributed by atoms with Crippen molar-refractivity contribution in [3.63, 3.8) is 0 Å². The molecule has 2 N–H and O–H groups in total. The van der Waals surface area contributed by atoms with Gasteiger partial charge in [0.25, 0.3) is 0 Å². The van der Waals surface area contributed by atoms with Gasteiger partial charge in [-0.15, -0.1) is 10.2 Å². The Morgan fingerprint density at radius 3 is 2.80 bits per heavy atom. The van der Waals surface area contributed by atoms with Gasteiger partial charge in [0.1, 0.15) is 6.33 Å². The highest BCUT2D eigenvalue weighted by atomic mass is 32.2. The smallest absolute Gasteiger partial charge is 0.190 e. The van der Waals surface area contributed by atoms with Crippen LogP contribution in [0.4, 0.5) is 0 Å². The Kier molecular flexibility index (Phi) is 4.60. The van der Waals surface area contributed by atoms with Crippen LogP contribution in [-0.4, -0.2) is 27.1 Å². The van der Waals surface area contributed by atoms with Crippen molar-refractivity contribution < 1.29 is 0 Å². The number of aryl methyl sites for hydroxylation is 1. The van der Waals surface area contributed by atoms with E-state index in [-0.39, 0.29) is 5.41 Å². The zero-order valence-corrected chi connectivity index (χ0v) is 10.5. The van der Waals surface area contributed by atoms with Gasteiger partial charge in [0, 0.05) is 12.8 Å². The van der Waals surface area contributed by atoms with Crippen molar-refractivity contribution in [2.75, 3.05) is 12.3 Å². The number of hydrogen-bond acceptors (Lipinski definition) is 4. The molecule has 0 saturated carbocycles. The van der Waals surface area contributed by atoms with Crippen molar-refractivity contribution in [2.24, 2.45) is 18.2 Å². The molecule has 0 aromatic carbocycles. The van der Waals surface area contributed by atoms with E-state index in [0.29, 0.717) is 0 Å². The molecule has 4 nitrogen and oxygen atoms in total. The molecule has 1 aromatic heterocycles. The standard InChI is InChI=1S/C10H20N4S/c1-10(2,7-11)5-4-6-15-9-13-12-8-14(9)3/h8H,4-7,11H2,1-3H3. The van der Waals surface area contributed by atoms with Crippen molar-refractivity contribution in [1.29, 1.82) is 0 Å². The minimum Gasteiger partial charge on any atom is -0.330 e. The van der Waals surface area contributed by atoms with E-state index in [9.17, 15) is 0 Å². The fraction of sp³-hybridized carbons (Fsp3) is 0.800.